The molecule has 0 spiro atoms. The Balaban J connectivity index is 1.51. The summed E-state index contributed by atoms with van der Waals surface area (Å²) < 4.78 is 49.7. The summed E-state index contributed by atoms with van der Waals surface area (Å²) in [6.07, 6.45) is -2.08. The maximum Gasteiger partial charge on any atom is 0.573 e. The van der Waals surface area contributed by atoms with Crippen LogP contribution in [0.25, 0.3) is 22.2 Å². The first-order chi connectivity index (χ1) is 17.6. The molecule has 10 heteroatoms. The number of halogens is 4. The molecule has 0 aliphatic carbocycles. The van der Waals surface area contributed by atoms with Crippen molar-refractivity contribution >= 4 is 34.4 Å². The van der Waals surface area contributed by atoms with Crippen molar-refractivity contribution in [3.05, 3.63) is 64.3 Å². The van der Waals surface area contributed by atoms with E-state index in [-0.39, 0.29) is 10.9 Å². The number of benzene rings is 2. The van der Waals surface area contributed by atoms with Gasteiger partial charge in [-0.2, -0.15) is 11.8 Å². The fourth-order valence-electron chi connectivity index (χ4n) is 5.17. The number of rotatable bonds is 6. The monoisotopic (exact) mass is 549 g/mol. The predicted molar refractivity (Wildman–Crippen MR) is 141 cm³/mol. The molecule has 0 radical (unpaired) electrons. The van der Waals surface area contributed by atoms with Crippen LogP contribution in [0, 0.1) is 13.8 Å². The summed E-state index contributed by atoms with van der Waals surface area (Å²) in [5.41, 5.74) is 5.64. The number of hydrogen-bond acceptors (Lipinski definition) is 5. The number of aryl methyl sites for hydroxylation is 2. The Morgan fingerprint density at radius 1 is 1.16 bits per heavy atom. The molecule has 0 N–H and O–H groups in total. The lowest BCUT2D eigenvalue weighted by molar-refractivity contribution is -0.274. The van der Waals surface area contributed by atoms with Gasteiger partial charge in [0.1, 0.15) is 17.3 Å². The molecule has 1 fully saturated rings. The van der Waals surface area contributed by atoms with Crippen LogP contribution in [0.1, 0.15) is 54.6 Å². The Kier molecular flexibility index (Phi) is 7.20. The third-order valence-corrected chi connectivity index (χ3v) is 8.14. The van der Waals surface area contributed by atoms with E-state index in [0.717, 1.165) is 69.3 Å². The van der Waals surface area contributed by atoms with Crippen molar-refractivity contribution in [2.24, 2.45) is 0 Å². The SMILES string of the molecule is Cc1noc(C)c1-c1ccc2c(c1)nc(C(C)Cc1ccc(OC(F)(F)F)c(Cl)c1)n2C1CCSCC1. The van der Waals surface area contributed by atoms with E-state index < -0.39 is 12.1 Å². The Morgan fingerprint density at radius 3 is 2.57 bits per heavy atom. The molecule has 4 aromatic rings. The van der Waals surface area contributed by atoms with Gasteiger partial charge in [0.2, 0.25) is 0 Å². The van der Waals surface area contributed by atoms with E-state index in [1.807, 2.05) is 25.6 Å². The van der Waals surface area contributed by atoms with Crippen LogP contribution in [0.2, 0.25) is 5.02 Å². The van der Waals surface area contributed by atoms with Gasteiger partial charge in [-0.3, -0.25) is 0 Å². The summed E-state index contributed by atoms with van der Waals surface area (Å²) >= 11 is 8.08. The molecule has 3 heterocycles. The number of fused-ring (bicyclic) bond motifs is 1. The molecule has 1 aliphatic rings. The van der Waals surface area contributed by atoms with Gasteiger partial charge in [-0.25, -0.2) is 4.98 Å². The third-order valence-electron chi connectivity index (χ3n) is 6.80. The van der Waals surface area contributed by atoms with E-state index in [0.29, 0.717) is 12.5 Å². The Morgan fingerprint density at radius 2 is 1.92 bits per heavy atom. The van der Waals surface area contributed by atoms with Crippen LogP contribution in [-0.4, -0.2) is 32.6 Å². The molecule has 5 nitrogen and oxygen atoms in total. The van der Waals surface area contributed by atoms with E-state index in [1.54, 1.807) is 12.1 Å². The Labute approximate surface area is 222 Å². The predicted octanol–water partition coefficient (Wildman–Crippen LogP) is 8.27. The van der Waals surface area contributed by atoms with Crippen molar-refractivity contribution in [3.63, 3.8) is 0 Å². The topological polar surface area (TPSA) is 53.1 Å². The average molecular weight is 550 g/mol. The minimum atomic E-state index is -4.79. The Bertz CT molecular complexity index is 1410. The number of alkyl halides is 3. The van der Waals surface area contributed by atoms with Gasteiger partial charge in [0.05, 0.1) is 21.7 Å². The summed E-state index contributed by atoms with van der Waals surface area (Å²) in [5, 5.41) is 4.03. The van der Waals surface area contributed by atoms with Crippen molar-refractivity contribution in [2.45, 2.75) is 58.4 Å². The summed E-state index contributed by atoms with van der Waals surface area (Å²) in [5.74, 6) is 3.55. The van der Waals surface area contributed by atoms with E-state index >= 15 is 0 Å². The summed E-state index contributed by atoms with van der Waals surface area (Å²) in [6, 6.07) is 11.1. The van der Waals surface area contributed by atoms with E-state index in [2.05, 4.69) is 39.6 Å². The van der Waals surface area contributed by atoms with Crippen LogP contribution < -0.4 is 4.74 Å². The minimum Gasteiger partial charge on any atom is -0.404 e. The quantitative estimate of drug-likeness (QED) is 0.242. The van der Waals surface area contributed by atoms with Crippen LogP contribution in [0.3, 0.4) is 0 Å². The molecule has 2 aromatic heterocycles. The van der Waals surface area contributed by atoms with E-state index in [1.165, 1.54) is 6.07 Å². The van der Waals surface area contributed by atoms with Crippen LogP contribution >= 0.6 is 23.4 Å². The highest BCUT2D eigenvalue weighted by Gasteiger charge is 2.32. The molecule has 2 aromatic carbocycles. The minimum absolute atomic E-state index is 0.00921. The second-order valence-corrected chi connectivity index (χ2v) is 11.1. The summed E-state index contributed by atoms with van der Waals surface area (Å²) in [4.78, 5) is 5.10. The number of thioether (sulfide) groups is 1. The van der Waals surface area contributed by atoms with Gasteiger partial charge in [-0.1, -0.05) is 35.8 Å². The van der Waals surface area contributed by atoms with Gasteiger partial charge in [-0.15, -0.1) is 13.2 Å². The van der Waals surface area contributed by atoms with Crippen LogP contribution in [0.5, 0.6) is 5.75 Å². The fourth-order valence-corrected chi connectivity index (χ4v) is 6.49. The zero-order chi connectivity index (χ0) is 26.3. The first kappa shape index (κ1) is 26.0. The zero-order valence-electron chi connectivity index (χ0n) is 20.7. The van der Waals surface area contributed by atoms with E-state index in [4.69, 9.17) is 21.1 Å². The number of aromatic nitrogens is 3. The van der Waals surface area contributed by atoms with Gasteiger partial charge in [-0.05, 0) is 80.0 Å². The number of imidazole rings is 1. The Hall–Kier alpha value is -2.65. The smallest absolute Gasteiger partial charge is 0.404 e. The summed E-state index contributed by atoms with van der Waals surface area (Å²) in [6.45, 7) is 5.93. The molecular weight excluding hydrogens is 523 g/mol. The molecular formula is C27H27ClF3N3O2S. The van der Waals surface area contributed by atoms with Gasteiger partial charge < -0.3 is 13.8 Å². The number of ether oxygens (including phenoxy) is 1. The lowest BCUT2D eigenvalue weighted by Crippen LogP contribution is -2.19. The lowest BCUT2D eigenvalue weighted by Gasteiger charge is -2.27. The molecule has 0 amide bonds. The average Bonchev–Trinajstić information content (AvgIpc) is 3.39. The largest absolute Gasteiger partial charge is 0.573 e. The molecule has 1 atom stereocenters. The lowest BCUT2D eigenvalue weighted by atomic mass is 9.99. The first-order valence-corrected chi connectivity index (χ1v) is 13.7. The molecule has 37 heavy (non-hydrogen) atoms. The molecule has 0 bridgehead atoms. The normalized spacial score (nSPS) is 15.9. The fraction of sp³-hybridized carbons (Fsp3) is 0.407. The second kappa shape index (κ2) is 10.3. The van der Waals surface area contributed by atoms with Crippen LogP contribution in [0.4, 0.5) is 13.2 Å². The second-order valence-electron chi connectivity index (χ2n) is 9.50. The molecule has 1 saturated heterocycles. The van der Waals surface area contributed by atoms with Crippen molar-refractivity contribution in [3.8, 4) is 16.9 Å². The highest BCUT2D eigenvalue weighted by atomic mass is 35.5. The van der Waals surface area contributed by atoms with E-state index in [9.17, 15) is 13.2 Å². The maximum atomic E-state index is 12.6. The van der Waals surface area contributed by atoms with Gasteiger partial charge in [0, 0.05) is 17.5 Å². The van der Waals surface area contributed by atoms with Crippen LogP contribution in [0.15, 0.2) is 40.9 Å². The molecule has 5 rings (SSSR count). The standard InChI is InChI=1S/C27H27ClF3N3O2S/c1-15(12-18-4-7-24(21(28)13-18)35-27(29,30)31)26-32-22-14-19(25-16(2)33-36-17(25)3)5-6-23(22)34(26)20-8-10-37-11-9-20/h4-7,13-15,20H,8-12H2,1-3H3. The highest BCUT2D eigenvalue weighted by Crippen LogP contribution is 2.38. The van der Waals surface area contributed by atoms with Crippen molar-refractivity contribution in [2.75, 3.05) is 11.5 Å². The van der Waals surface area contributed by atoms with Crippen LogP contribution in [-0.2, 0) is 6.42 Å². The number of hydrogen-bond donors (Lipinski definition) is 0. The van der Waals surface area contributed by atoms with Crippen molar-refractivity contribution < 1.29 is 22.4 Å². The van der Waals surface area contributed by atoms with Gasteiger partial charge >= 0.3 is 6.36 Å². The molecule has 1 aliphatic heterocycles. The van der Waals surface area contributed by atoms with Gasteiger partial charge in [0.15, 0.2) is 0 Å². The maximum absolute atomic E-state index is 12.6. The number of nitrogens with zero attached hydrogens (tertiary/aromatic N) is 3. The molecule has 1 unspecified atom stereocenters. The zero-order valence-corrected chi connectivity index (χ0v) is 22.3. The first-order valence-electron chi connectivity index (χ1n) is 12.2. The van der Waals surface area contributed by atoms with Crippen molar-refractivity contribution in [1.82, 2.24) is 14.7 Å². The van der Waals surface area contributed by atoms with Crippen molar-refractivity contribution in [1.29, 1.82) is 0 Å². The molecule has 196 valence electrons. The molecule has 0 saturated carbocycles. The summed E-state index contributed by atoms with van der Waals surface area (Å²) in [7, 11) is 0. The highest BCUT2D eigenvalue weighted by molar-refractivity contribution is 7.99. The van der Waals surface area contributed by atoms with Gasteiger partial charge in [0.25, 0.3) is 0 Å². The third kappa shape index (κ3) is 5.48.